The van der Waals surface area contributed by atoms with Gasteiger partial charge in [-0.1, -0.05) is 12.1 Å². The predicted octanol–water partition coefficient (Wildman–Crippen LogP) is 5.57. The van der Waals surface area contributed by atoms with Gasteiger partial charge in [0.1, 0.15) is 0 Å². The highest BCUT2D eigenvalue weighted by molar-refractivity contribution is 5.76. The molecular weight excluding hydrogens is 379 g/mol. The van der Waals surface area contributed by atoms with Gasteiger partial charge in [-0.25, -0.2) is 0 Å². The zero-order valence-electron chi connectivity index (χ0n) is 12.4. The summed E-state index contributed by atoms with van der Waals surface area (Å²) in [5.74, 6) is 0. The Morgan fingerprint density at radius 3 is 1.54 bits per heavy atom. The maximum absolute atomic E-state index is 13.3. The van der Waals surface area contributed by atoms with Gasteiger partial charge < -0.3 is 11.5 Å². The number of benzene rings is 2. The van der Waals surface area contributed by atoms with Crippen LogP contribution in [-0.4, -0.2) is 0 Å². The van der Waals surface area contributed by atoms with Crippen LogP contribution in [0.2, 0.25) is 0 Å². The molecule has 0 amide bonds. The van der Waals surface area contributed by atoms with Crippen LogP contribution >= 0.6 is 0 Å². The Morgan fingerprint density at radius 1 is 0.577 bits per heavy atom. The lowest BCUT2D eigenvalue weighted by molar-refractivity contribution is -0.161. The lowest BCUT2D eigenvalue weighted by atomic mass is 9.92. The zero-order chi connectivity index (χ0) is 20.1. The third-order valence-electron chi connectivity index (χ3n) is 3.47. The van der Waals surface area contributed by atoms with Gasteiger partial charge in [0.2, 0.25) is 0 Å². The van der Waals surface area contributed by atoms with Crippen molar-refractivity contribution in [2.24, 2.45) is 0 Å². The van der Waals surface area contributed by atoms with Gasteiger partial charge in [-0.05, 0) is 29.3 Å². The van der Waals surface area contributed by atoms with Crippen molar-refractivity contribution in [3.63, 3.8) is 0 Å². The average molecular weight is 388 g/mol. The molecule has 0 spiro atoms. The quantitative estimate of drug-likeness (QED) is 0.495. The number of nitrogens with two attached hydrogens (primary N) is 2. The fraction of sp³-hybridized carbons (Fsp3) is 0.200. The summed E-state index contributed by atoms with van der Waals surface area (Å²) >= 11 is 0. The molecule has 2 aromatic carbocycles. The molecule has 0 aromatic heterocycles. The number of hydrogen-bond donors (Lipinski definition) is 2. The van der Waals surface area contributed by atoms with Crippen LogP contribution < -0.4 is 11.5 Å². The molecule has 4 N–H and O–H groups in total. The van der Waals surface area contributed by atoms with E-state index < -0.39 is 57.7 Å². The van der Waals surface area contributed by atoms with Crippen LogP contribution in [0.1, 0.15) is 16.7 Å². The summed E-state index contributed by atoms with van der Waals surface area (Å²) in [7, 11) is 0. The van der Waals surface area contributed by atoms with Crippen LogP contribution in [0, 0.1) is 0 Å². The molecule has 2 nitrogen and oxygen atoms in total. The maximum Gasteiger partial charge on any atom is 0.419 e. The molecule has 0 saturated heterocycles. The molecule has 0 saturated carbocycles. The second-order valence-corrected chi connectivity index (χ2v) is 5.25. The van der Waals surface area contributed by atoms with Crippen molar-refractivity contribution < 1.29 is 39.5 Å². The minimum Gasteiger partial charge on any atom is -0.398 e. The third-order valence-corrected chi connectivity index (χ3v) is 3.47. The second kappa shape index (κ2) is 5.99. The first-order valence-electron chi connectivity index (χ1n) is 6.68. The van der Waals surface area contributed by atoms with Crippen LogP contribution in [0.3, 0.4) is 0 Å². The molecule has 0 fully saturated rings. The van der Waals surface area contributed by atoms with Gasteiger partial charge >= 0.3 is 18.5 Å². The second-order valence-electron chi connectivity index (χ2n) is 5.25. The van der Waals surface area contributed by atoms with E-state index >= 15 is 0 Å². The van der Waals surface area contributed by atoms with Crippen LogP contribution in [0.5, 0.6) is 0 Å². The average Bonchev–Trinajstić information content (AvgIpc) is 2.44. The van der Waals surface area contributed by atoms with E-state index in [0.717, 1.165) is 6.07 Å². The number of anilines is 2. The summed E-state index contributed by atoms with van der Waals surface area (Å²) in [4.78, 5) is 0. The van der Waals surface area contributed by atoms with Crippen LogP contribution in [-0.2, 0) is 18.5 Å². The van der Waals surface area contributed by atoms with E-state index in [0.29, 0.717) is 18.2 Å². The number of alkyl halides is 9. The predicted molar refractivity (Wildman–Crippen MR) is 75.7 cm³/mol. The summed E-state index contributed by atoms with van der Waals surface area (Å²) in [6.45, 7) is 0. The lowest BCUT2D eigenvalue weighted by Crippen LogP contribution is -2.20. The Kier molecular flexibility index (Phi) is 4.55. The first-order chi connectivity index (χ1) is 11.6. The largest absolute Gasteiger partial charge is 0.419 e. The van der Waals surface area contributed by atoms with E-state index in [2.05, 4.69) is 0 Å². The van der Waals surface area contributed by atoms with E-state index in [1.165, 1.54) is 0 Å². The van der Waals surface area contributed by atoms with Gasteiger partial charge in [-0.15, -0.1) is 0 Å². The fourth-order valence-electron chi connectivity index (χ4n) is 2.43. The van der Waals surface area contributed by atoms with Crippen molar-refractivity contribution in [3.8, 4) is 11.1 Å². The third kappa shape index (κ3) is 3.65. The van der Waals surface area contributed by atoms with Crippen molar-refractivity contribution in [2.75, 3.05) is 11.5 Å². The molecule has 0 aliphatic heterocycles. The summed E-state index contributed by atoms with van der Waals surface area (Å²) in [6.07, 6.45) is -16.0. The normalized spacial score (nSPS) is 13.1. The number of halogens is 9. The fourth-order valence-corrected chi connectivity index (χ4v) is 2.43. The van der Waals surface area contributed by atoms with Crippen LogP contribution in [0.25, 0.3) is 11.1 Å². The SMILES string of the molecule is Nc1ccc(-c2ccc(N)c(C(F)(F)F)c2C(F)(F)F)cc1C(F)(F)F. The Hall–Kier alpha value is -2.59. The Morgan fingerprint density at radius 2 is 1.08 bits per heavy atom. The Bertz CT molecular complexity index is 833. The van der Waals surface area contributed by atoms with Crippen LogP contribution in [0.4, 0.5) is 50.9 Å². The highest BCUT2D eigenvalue weighted by atomic mass is 19.4. The highest BCUT2D eigenvalue weighted by Gasteiger charge is 2.46. The molecule has 0 radical (unpaired) electrons. The summed E-state index contributed by atoms with van der Waals surface area (Å²) in [5, 5.41) is 0. The van der Waals surface area contributed by atoms with E-state index in [1.54, 1.807) is 0 Å². The molecule has 2 rings (SSSR count). The van der Waals surface area contributed by atoms with Crippen LogP contribution in [0.15, 0.2) is 30.3 Å². The molecule has 0 unspecified atom stereocenters. The monoisotopic (exact) mass is 388 g/mol. The lowest BCUT2D eigenvalue weighted by Gasteiger charge is -2.21. The van der Waals surface area contributed by atoms with E-state index in [-0.39, 0.29) is 6.07 Å². The number of nitrogen functional groups attached to an aromatic ring is 2. The van der Waals surface area contributed by atoms with Crippen molar-refractivity contribution in [1.82, 2.24) is 0 Å². The van der Waals surface area contributed by atoms with Gasteiger partial charge in [-0.3, -0.25) is 0 Å². The molecule has 0 heterocycles. The topological polar surface area (TPSA) is 52.0 Å². The molecule has 26 heavy (non-hydrogen) atoms. The highest BCUT2D eigenvalue weighted by Crippen LogP contribution is 2.48. The maximum atomic E-state index is 13.3. The molecule has 0 bridgehead atoms. The van der Waals surface area contributed by atoms with Gasteiger partial charge in [0, 0.05) is 11.4 Å². The molecule has 142 valence electrons. The molecule has 0 aliphatic rings. The zero-order valence-corrected chi connectivity index (χ0v) is 12.4. The van der Waals surface area contributed by atoms with Crippen molar-refractivity contribution >= 4 is 11.4 Å². The van der Waals surface area contributed by atoms with Crippen molar-refractivity contribution in [3.05, 3.63) is 47.0 Å². The standard InChI is InChI=1S/C15H9F9N2/c16-13(17,18)8-5-6(1-3-9(8)25)7-2-4-10(26)12(15(22,23)24)11(7)14(19,20)21/h1-5H,25-26H2. The van der Waals surface area contributed by atoms with E-state index in [1.807, 2.05) is 0 Å². The first kappa shape index (κ1) is 19.7. The molecule has 0 aliphatic carbocycles. The first-order valence-corrected chi connectivity index (χ1v) is 6.68. The van der Waals surface area contributed by atoms with E-state index in [9.17, 15) is 39.5 Å². The van der Waals surface area contributed by atoms with Crippen molar-refractivity contribution in [1.29, 1.82) is 0 Å². The molecule has 0 atom stereocenters. The molecular formula is C15H9F9N2. The summed E-state index contributed by atoms with van der Waals surface area (Å²) in [6, 6.07) is 2.83. The van der Waals surface area contributed by atoms with Gasteiger partial charge in [-0.2, -0.15) is 39.5 Å². The minimum atomic E-state index is -5.52. The van der Waals surface area contributed by atoms with Gasteiger partial charge in [0.15, 0.2) is 0 Å². The van der Waals surface area contributed by atoms with Gasteiger partial charge in [0.05, 0.1) is 16.7 Å². The Balaban J connectivity index is 2.88. The molecule has 11 heteroatoms. The summed E-state index contributed by atoms with van der Waals surface area (Å²) < 4.78 is 118. The van der Waals surface area contributed by atoms with Gasteiger partial charge in [0.25, 0.3) is 0 Å². The number of rotatable bonds is 1. The Labute approximate surface area is 140 Å². The minimum absolute atomic E-state index is 0.260. The smallest absolute Gasteiger partial charge is 0.398 e. The summed E-state index contributed by atoms with van der Waals surface area (Å²) in [5.41, 5.74) is 0.629. The molecule has 2 aromatic rings. The van der Waals surface area contributed by atoms with E-state index in [4.69, 9.17) is 11.5 Å². The van der Waals surface area contributed by atoms with Crippen molar-refractivity contribution in [2.45, 2.75) is 18.5 Å². The number of hydrogen-bond acceptors (Lipinski definition) is 2.